The van der Waals surface area contributed by atoms with Gasteiger partial charge in [0.2, 0.25) is 5.91 Å². The number of halogens is 2. The van der Waals surface area contributed by atoms with Crippen LogP contribution < -0.4 is 5.32 Å². The largest absolute Gasteiger partial charge is 0.356 e. The monoisotopic (exact) mass is 443 g/mol. The van der Waals surface area contributed by atoms with Crippen molar-refractivity contribution in [3.63, 3.8) is 0 Å². The Bertz CT molecular complexity index is 958. The summed E-state index contributed by atoms with van der Waals surface area (Å²) in [4.78, 5) is 27.9. The Kier molecular flexibility index (Phi) is 7.50. The fraction of sp³-hybridized carbons (Fsp3) is 0.375. The Morgan fingerprint density at radius 2 is 1.84 bits per heavy atom. The van der Waals surface area contributed by atoms with Crippen molar-refractivity contribution in [2.75, 3.05) is 13.1 Å². The summed E-state index contributed by atoms with van der Waals surface area (Å²) in [6.07, 6.45) is 0. The van der Waals surface area contributed by atoms with Gasteiger partial charge in [-0.25, -0.2) is 9.18 Å². The molecule has 0 spiro atoms. The smallest absolute Gasteiger partial charge is 0.217 e. The van der Waals surface area contributed by atoms with Crippen molar-refractivity contribution in [3.8, 4) is 0 Å². The van der Waals surface area contributed by atoms with Gasteiger partial charge in [-0.05, 0) is 49.2 Å². The minimum Gasteiger partial charge on any atom is -0.356 e. The van der Waals surface area contributed by atoms with Gasteiger partial charge in [-0.3, -0.25) is 9.69 Å². The highest BCUT2D eigenvalue weighted by Gasteiger charge is 2.35. The number of carbonyl (C=O) groups excluding carboxylic acids is 2. The van der Waals surface area contributed by atoms with E-state index in [-0.39, 0.29) is 29.8 Å². The predicted octanol–water partition coefficient (Wildman–Crippen LogP) is 3.97. The molecule has 2 aromatic rings. The second-order valence-corrected chi connectivity index (χ2v) is 8.46. The highest BCUT2D eigenvalue weighted by molar-refractivity contribution is 6.30. The SMILES string of the molecule is CC(=O)NC(CN1C[C@@H](C)N(Cc2ccc(F)cc2)C(=C=O)[C@@H]1C)c1ccc(Cl)cc1. The van der Waals surface area contributed by atoms with Crippen LogP contribution in [0, 0.1) is 5.82 Å². The zero-order valence-corrected chi connectivity index (χ0v) is 18.7. The molecular weight excluding hydrogens is 417 g/mol. The van der Waals surface area contributed by atoms with Crippen LogP contribution in [0.2, 0.25) is 5.02 Å². The topological polar surface area (TPSA) is 52.7 Å². The second kappa shape index (κ2) is 10.1. The first-order valence-corrected chi connectivity index (χ1v) is 10.7. The van der Waals surface area contributed by atoms with E-state index >= 15 is 0 Å². The molecule has 31 heavy (non-hydrogen) atoms. The van der Waals surface area contributed by atoms with Crippen molar-refractivity contribution in [1.29, 1.82) is 0 Å². The minimum atomic E-state index is -0.285. The van der Waals surface area contributed by atoms with Gasteiger partial charge in [0.05, 0.1) is 12.1 Å². The van der Waals surface area contributed by atoms with Crippen LogP contribution in [0.1, 0.15) is 37.9 Å². The molecule has 0 bridgehead atoms. The first-order valence-electron chi connectivity index (χ1n) is 10.3. The van der Waals surface area contributed by atoms with Crippen LogP contribution in [-0.2, 0) is 16.1 Å². The molecule has 1 amide bonds. The van der Waals surface area contributed by atoms with E-state index in [1.54, 1.807) is 24.3 Å². The van der Waals surface area contributed by atoms with Crippen molar-refractivity contribution in [2.24, 2.45) is 0 Å². The molecule has 7 heteroatoms. The molecule has 5 nitrogen and oxygen atoms in total. The fourth-order valence-electron chi connectivity index (χ4n) is 4.06. The summed E-state index contributed by atoms with van der Waals surface area (Å²) >= 11 is 6.01. The van der Waals surface area contributed by atoms with Gasteiger partial charge in [-0.2, -0.15) is 0 Å². The van der Waals surface area contributed by atoms with Gasteiger partial charge in [0.25, 0.3) is 0 Å². The van der Waals surface area contributed by atoms with E-state index in [1.807, 2.05) is 24.0 Å². The molecule has 3 rings (SSSR count). The molecule has 1 N–H and O–H groups in total. The van der Waals surface area contributed by atoms with E-state index in [0.717, 1.165) is 11.1 Å². The maximum absolute atomic E-state index is 13.2. The normalized spacial score (nSPS) is 20.3. The summed E-state index contributed by atoms with van der Waals surface area (Å²) < 4.78 is 13.2. The van der Waals surface area contributed by atoms with Gasteiger partial charge in [0.1, 0.15) is 17.5 Å². The molecular formula is C24H27ClFN3O2. The lowest BCUT2D eigenvalue weighted by molar-refractivity contribution is -0.119. The number of nitrogens with zero attached hydrogens (tertiary/aromatic N) is 2. The molecule has 0 radical (unpaired) electrons. The maximum Gasteiger partial charge on any atom is 0.217 e. The van der Waals surface area contributed by atoms with Crippen LogP contribution >= 0.6 is 11.6 Å². The van der Waals surface area contributed by atoms with Crippen LogP contribution in [0.25, 0.3) is 0 Å². The number of rotatable bonds is 6. The number of hydrogen-bond donors (Lipinski definition) is 1. The van der Waals surface area contributed by atoms with Crippen molar-refractivity contribution < 1.29 is 14.0 Å². The minimum absolute atomic E-state index is 0.0425. The molecule has 1 aliphatic rings. The molecule has 1 saturated heterocycles. The van der Waals surface area contributed by atoms with Gasteiger partial charge < -0.3 is 10.2 Å². The first-order chi connectivity index (χ1) is 14.8. The molecule has 2 aromatic carbocycles. The zero-order valence-electron chi connectivity index (χ0n) is 17.9. The van der Waals surface area contributed by atoms with Crippen molar-refractivity contribution in [3.05, 3.63) is 76.2 Å². The summed E-state index contributed by atoms with van der Waals surface area (Å²) in [6.45, 7) is 7.27. The Morgan fingerprint density at radius 1 is 1.19 bits per heavy atom. The summed E-state index contributed by atoms with van der Waals surface area (Å²) in [5, 5.41) is 3.64. The highest BCUT2D eigenvalue weighted by Crippen LogP contribution is 2.28. The number of nitrogens with one attached hydrogen (secondary N) is 1. The third kappa shape index (κ3) is 5.73. The van der Waals surface area contributed by atoms with E-state index in [4.69, 9.17) is 11.6 Å². The Morgan fingerprint density at radius 3 is 2.42 bits per heavy atom. The predicted molar refractivity (Wildman–Crippen MR) is 120 cm³/mol. The maximum atomic E-state index is 13.2. The molecule has 1 heterocycles. The molecule has 164 valence electrons. The lowest BCUT2D eigenvalue weighted by atomic mass is 10.00. The lowest BCUT2D eigenvalue weighted by Gasteiger charge is -2.46. The van der Waals surface area contributed by atoms with Crippen molar-refractivity contribution >= 4 is 23.4 Å². The third-order valence-corrected chi connectivity index (χ3v) is 5.97. The summed E-state index contributed by atoms with van der Waals surface area (Å²) in [7, 11) is 0. The fourth-order valence-corrected chi connectivity index (χ4v) is 4.19. The van der Waals surface area contributed by atoms with Gasteiger partial charge >= 0.3 is 0 Å². The second-order valence-electron chi connectivity index (χ2n) is 8.03. The van der Waals surface area contributed by atoms with Crippen molar-refractivity contribution in [1.82, 2.24) is 15.1 Å². The van der Waals surface area contributed by atoms with E-state index < -0.39 is 0 Å². The van der Waals surface area contributed by atoms with Crippen molar-refractivity contribution in [2.45, 2.75) is 45.4 Å². The molecule has 3 atom stereocenters. The summed E-state index contributed by atoms with van der Waals surface area (Å²) in [5.74, 6) is 1.72. The zero-order chi connectivity index (χ0) is 22.5. The third-order valence-electron chi connectivity index (χ3n) is 5.72. The summed E-state index contributed by atoms with van der Waals surface area (Å²) in [6, 6.07) is 13.3. The van der Waals surface area contributed by atoms with Crippen LogP contribution in [0.5, 0.6) is 0 Å². The molecule has 1 aliphatic heterocycles. The number of hydrogen-bond acceptors (Lipinski definition) is 4. The van der Waals surface area contributed by atoms with Crippen LogP contribution in [0.4, 0.5) is 4.39 Å². The van der Waals surface area contributed by atoms with E-state index in [2.05, 4.69) is 23.1 Å². The van der Waals surface area contributed by atoms with Crippen LogP contribution in [-0.4, -0.2) is 46.8 Å². The van der Waals surface area contributed by atoms with E-state index in [0.29, 0.717) is 30.4 Å². The van der Waals surface area contributed by atoms with Gasteiger partial charge in [0, 0.05) is 37.6 Å². The van der Waals surface area contributed by atoms with Gasteiger partial charge in [-0.1, -0.05) is 35.9 Å². The van der Waals surface area contributed by atoms with E-state index in [1.165, 1.54) is 19.1 Å². The quantitative estimate of drug-likeness (QED) is 0.686. The van der Waals surface area contributed by atoms with Gasteiger partial charge in [-0.15, -0.1) is 0 Å². The number of benzene rings is 2. The summed E-state index contributed by atoms with van der Waals surface area (Å²) in [5.41, 5.74) is 2.43. The average Bonchev–Trinajstić information content (AvgIpc) is 2.73. The Balaban J connectivity index is 1.79. The molecule has 1 unspecified atom stereocenters. The Labute approximate surface area is 187 Å². The van der Waals surface area contributed by atoms with E-state index in [9.17, 15) is 14.0 Å². The number of amides is 1. The molecule has 1 fully saturated rings. The van der Waals surface area contributed by atoms with Gasteiger partial charge in [0.15, 0.2) is 0 Å². The molecule has 0 aromatic heterocycles. The lowest BCUT2D eigenvalue weighted by Crippen LogP contribution is -2.56. The van der Waals surface area contributed by atoms with Crippen LogP contribution in [0.3, 0.4) is 0 Å². The Hall–Kier alpha value is -2.66. The first kappa shape index (κ1) is 23.0. The standard InChI is InChI=1S/C24H27ClFN3O2/c1-16-12-28(14-23(27-18(3)31)20-6-8-21(25)9-7-20)17(2)24(15-30)29(16)13-19-4-10-22(26)11-5-19/h4-11,16-17,23H,12-14H2,1-3H3,(H,27,31)/t16-,17+,23?/m1/s1. The molecule has 0 aliphatic carbocycles. The van der Waals surface area contributed by atoms with Crippen LogP contribution in [0.15, 0.2) is 54.2 Å². The number of carbonyl (C=O) groups is 1. The highest BCUT2D eigenvalue weighted by atomic mass is 35.5. The average molecular weight is 444 g/mol. The number of piperazine rings is 1. The molecule has 0 saturated carbocycles.